The molecule has 0 radical (unpaired) electrons. The third-order valence-corrected chi connectivity index (χ3v) is 5.68. The summed E-state index contributed by atoms with van der Waals surface area (Å²) in [6, 6.07) is 12.1. The first kappa shape index (κ1) is 21.9. The molecule has 3 rings (SSSR count). The topological polar surface area (TPSA) is 66.1 Å². The molecule has 2 heterocycles. The summed E-state index contributed by atoms with van der Waals surface area (Å²) in [4.78, 5) is 2.41. The molecule has 1 aliphatic heterocycles. The molecule has 5 heteroatoms. The van der Waals surface area contributed by atoms with E-state index in [0.717, 1.165) is 69.0 Å². The summed E-state index contributed by atoms with van der Waals surface area (Å²) in [5, 5.41) is 20.7. The number of hydrogen-bond donors (Lipinski definition) is 2. The molecule has 1 aliphatic rings. The van der Waals surface area contributed by atoms with E-state index in [1.54, 1.807) is 0 Å². The summed E-state index contributed by atoms with van der Waals surface area (Å²) in [6.07, 6.45) is 5.28. The van der Waals surface area contributed by atoms with Crippen LogP contribution in [-0.4, -0.2) is 53.6 Å². The fourth-order valence-corrected chi connectivity index (χ4v) is 3.90. The van der Waals surface area contributed by atoms with Gasteiger partial charge in [0.2, 0.25) is 0 Å². The van der Waals surface area contributed by atoms with Crippen LogP contribution in [0.1, 0.15) is 49.2 Å². The fourth-order valence-electron chi connectivity index (χ4n) is 3.90. The van der Waals surface area contributed by atoms with Gasteiger partial charge < -0.3 is 24.3 Å². The van der Waals surface area contributed by atoms with Gasteiger partial charge >= 0.3 is 0 Å². The molecule has 0 saturated carbocycles. The van der Waals surface area contributed by atoms with Crippen LogP contribution in [0.3, 0.4) is 0 Å². The highest BCUT2D eigenvalue weighted by molar-refractivity contribution is 5.33. The Kier molecular flexibility index (Phi) is 8.59. The van der Waals surface area contributed by atoms with Gasteiger partial charge in [0.05, 0.1) is 6.10 Å². The number of fused-ring (bicyclic) bond motifs is 1. The van der Waals surface area contributed by atoms with Gasteiger partial charge in [0.15, 0.2) is 0 Å². The molecular formula is C24H35NO4. The lowest BCUT2D eigenvalue weighted by molar-refractivity contribution is -0.0160. The quantitative estimate of drug-likeness (QED) is 0.817. The zero-order valence-corrected chi connectivity index (χ0v) is 17.6. The molecule has 1 aromatic carbocycles. The predicted octanol–water partition coefficient (Wildman–Crippen LogP) is 3.74. The smallest absolute Gasteiger partial charge is 0.122 e. The lowest BCUT2D eigenvalue weighted by Gasteiger charge is -2.26. The molecule has 0 fully saturated rings. The van der Waals surface area contributed by atoms with Crippen LogP contribution in [0.25, 0.3) is 0 Å². The second kappa shape index (κ2) is 11.4. The van der Waals surface area contributed by atoms with Crippen LogP contribution in [0.15, 0.2) is 40.8 Å². The summed E-state index contributed by atoms with van der Waals surface area (Å²) in [7, 11) is 0. The molecule has 0 amide bonds. The molecule has 0 unspecified atom stereocenters. The zero-order chi connectivity index (χ0) is 20.5. The third kappa shape index (κ3) is 7.18. The van der Waals surface area contributed by atoms with E-state index in [-0.39, 0.29) is 6.61 Å². The largest absolute Gasteiger partial charge is 0.491 e. The van der Waals surface area contributed by atoms with Crippen LogP contribution < -0.4 is 4.74 Å². The number of rotatable bonds is 4. The summed E-state index contributed by atoms with van der Waals surface area (Å²) in [5.74, 6) is 2.82. The first-order chi connectivity index (χ1) is 14.1. The maximum atomic E-state index is 10.4. The molecular weight excluding hydrogens is 366 g/mol. The highest BCUT2D eigenvalue weighted by Gasteiger charge is 2.19. The summed E-state index contributed by atoms with van der Waals surface area (Å²) < 4.78 is 11.5. The van der Waals surface area contributed by atoms with Crippen LogP contribution in [0.4, 0.5) is 0 Å². The monoisotopic (exact) mass is 401 g/mol. The van der Waals surface area contributed by atoms with Crippen molar-refractivity contribution in [2.45, 2.75) is 64.1 Å². The van der Waals surface area contributed by atoms with E-state index in [4.69, 9.17) is 9.15 Å². The Morgan fingerprint density at radius 1 is 1.00 bits per heavy atom. The van der Waals surface area contributed by atoms with Crippen molar-refractivity contribution >= 4 is 0 Å². The van der Waals surface area contributed by atoms with Gasteiger partial charge in [0, 0.05) is 13.0 Å². The van der Waals surface area contributed by atoms with Crippen molar-refractivity contribution in [3.05, 3.63) is 53.5 Å². The molecule has 160 valence electrons. The normalized spacial score (nSPS) is 22.4. The molecule has 2 aromatic rings. The van der Waals surface area contributed by atoms with Crippen LogP contribution in [0.2, 0.25) is 0 Å². The number of benzene rings is 1. The van der Waals surface area contributed by atoms with Crippen molar-refractivity contribution in [1.29, 1.82) is 0 Å². The van der Waals surface area contributed by atoms with Gasteiger partial charge in [-0.25, -0.2) is 0 Å². The number of ether oxygens (including phenoxy) is 1. The zero-order valence-electron chi connectivity index (χ0n) is 17.6. The van der Waals surface area contributed by atoms with Gasteiger partial charge in [-0.3, -0.25) is 0 Å². The Morgan fingerprint density at radius 3 is 2.69 bits per heavy atom. The highest BCUT2D eigenvalue weighted by atomic mass is 16.5. The Bertz CT molecular complexity index is 729. The van der Waals surface area contributed by atoms with Crippen molar-refractivity contribution in [1.82, 2.24) is 4.90 Å². The second-order valence-electron chi connectivity index (χ2n) is 8.11. The van der Waals surface area contributed by atoms with Crippen LogP contribution in [0.5, 0.6) is 5.75 Å². The number of para-hydroxylation sites is 1. The first-order valence-electron chi connectivity index (χ1n) is 11.0. The maximum absolute atomic E-state index is 10.4. The molecule has 0 aliphatic carbocycles. The van der Waals surface area contributed by atoms with Crippen molar-refractivity contribution in [2.24, 2.45) is 0 Å². The van der Waals surface area contributed by atoms with Crippen molar-refractivity contribution in [3.63, 3.8) is 0 Å². The minimum Gasteiger partial charge on any atom is -0.491 e. The van der Waals surface area contributed by atoms with Gasteiger partial charge in [-0.1, -0.05) is 24.6 Å². The highest BCUT2D eigenvalue weighted by Crippen LogP contribution is 2.21. The van der Waals surface area contributed by atoms with Gasteiger partial charge in [0.1, 0.15) is 30.0 Å². The minimum absolute atomic E-state index is 0.121. The number of aryl methyl sites for hydroxylation is 3. The Morgan fingerprint density at radius 2 is 1.86 bits per heavy atom. The molecule has 0 saturated heterocycles. The molecule has 2 N–H and O–H groups in total. The standard InChI is InChI=1S/C24H35NO4/c1-19-12-13-21(29-19)10-7-16-25-15-6-2-3-8-20-9-4-5-11-24(20)28-18-23(27)22(26)14-17-25/h4-5,9,11-13,22-23,26-27H,2-3,6-8,10,14-18H2,1H3/t22-,23+/m0/s1. The predicted molar refractivity (Wildman–Crippen MR) is 114 cm³/mol. The first-order valence-corrected chi connectivity index (χ1v) is 11.0. The van der Waals surface area contributed by atoms with E-state index in [2.05, 4.69) is 17.0 Å². The number of aliphatic hydroxyl groups excluding tert-OH is 2. The van der Waals surface area contributed by atoms with Gasteiger partial charge in [-0.15, -0.1) is 0 Å². The number of furan rings is 1. The lowest BCUT2D eigenvalue weighted by Crippen LogP contribution is -2.36. The van der Waals surface area contributed by atoms with Crippen LogP contribution >= 0.6 is 0 Å². The van der Waals surface area contributed by atoms with E-state index < -0.39 is 12.2 Å². The number of aliphatic hydroxyl groups is 2. The minimum atomic E-state index is -0.876. The molecule has 0 bridgehead atoms. The van der Waals surface area contributed by atoms with E-state index in [9.17, 15) is 10.2 Å². The van der Waals surface area contributed by atoms with Crippen molar-refractivity contribution < 1.29 is 19.4 Å². The van der Waals surface area contributed by atoms with E-state index in [0.29, 0.717) is 6.42 Å². The molecule has 0 spiro atoms. The summed E-state index contributed by atoms with van der Waals surface area (Å²) in [6.45, 7) is 4.88. The van der Waals surface area contributed by atoms with E-state index in [1.807, 2.05) is 31.2 Å². The SMILES string of the molecule is Cc1ccc(CCCN2CCCCCc3ccccc3OC[C@@H](O)[C@@H](O)CC2)o1. The van der Waals surface area contributed by atoms with Gasteiger partial charge in [-0.2, -0.15) is 0 Å². The molecule has 2 atom stereocenters. The molecule has 1 aromatic heterocycles. The van der Waals surface area contributed by atoms with Crippen molar-refractivity contribution in [3.8, 4) is 5.75 Å². The van der Waals surface area contributed by atoms with Crippen LogP contribution in [0, 0.1) is 6.92 Å². The second-order valence-corrected chi connectivity index (χ2v) is 8.11. The lowest BCUT2D eigenvalue weighted by atomic mass is 10.0. The Balaban J connectivity index is 1.54. The van der Waals surface area contributed by atoms with Crippen molar-refractivity contribution in [2.75, 3.05) is 26.2 Å². The summed E-state index contributed by atoms with van der Waals surface area (Å²) >= 11 is 0. The average molecular weight is 402 g/mol. The van der Waals surface area contributed by atoms with Gasteiger partial charge in [-0.05, 0) is 75.9 Å². The fraction of sp³-hybridized carbons (Fsp3) is 0.583. The average Bonchev–Trinajstić information content (AvgIpc) is 3.14. The number of nitrogens with zero attached hydrogens (tertiary/aromatic N) is 1. The maximum Gasteiger partial charge on any atom is 0.122 e. The molecule has 5 nitrogen and oxygen atoms in total. The van der Waals surface area contributed by atoms with E-state index in [1.165, 1.54) is 12.0 Å². The Hall–Kier alpha value is -1.82. The summed E-state index contributed by atoms with van der Waals surface area (Å²) in [5.41, 5.74) is 1.18. The number of hydrogen-bond acceptors (Lipinski definition) is 5. The molecule has 29 heavy (non-hydrogen) atoms. The Labute approximate surface area is 174 Å². The van der Waals surface area contributed by atoms with Gasteiger partial charge in [0.25, 0.3) is 0 Å². The van der Waals surface area contributed by atoms with Crippen LogP contribution in [-0.2, 0) is 12.8 Å². The van der Waals surface area contributed by atoms with E-state index >= 15 is 0 Å². The third-order valence-electron chi connectivity index (χ3n) is 5.68.